The highest BCUT2D eigenvalue weighted by Gasteiger charge is 2.55. The van der Waals surface area contributed by atoms with Gasteiger partial charge in [-0.05, 0) is 73.0 Å². The maximum atomic E-state index is 16.2. The fraction of sp³-hybridized carbons (Fsp3) is 0.649. The van der Waals surface area contributed by atoms with Crippen LogP contribution in [0.1, 0.15) is 72.9 Å². The number of esters is 1. The SMILES string of the molecule is COc1ccc2nc3c(nc2c1)O[C@H]1CN(C(=O)[C@H](C(C)(C)C)NC(=O)O[C@@H]2C[C@@H]4CC4[C@H]2CC/C=C/C3(F)F)[C@H](C(=O)OCC(C)C)[C@@H]1C. The molecule has 8 atom stereocenters. The fourth-order valence-corrected chi connectivity index (χ4v) is 7.65. The van der Waals surface area contributed by atoms with Gasteiger partial charge in [0.15, 0.2) is 5.69 Å². The van der Waals surface area contributed by atoms with E-state index in [4.69, 9.17) is 18.9 Å². The first-order chi connectivity index (χ1) is 23.6. The molecular formula is C37H48F2N4O7. The monoisotopic (exact) mass is 698 g/mol. The average Bonchev–Trinajstić information content (AvgIpc) is 3.62. The first-order valence-electron chi connectivity index (χ1n) is 17.6. The van der Waals surface area contributed by atoms with Crippen molar-refractivity contribution in [2.75, 3.05) is 20.3 Å². The fourth-order valence-electron chi connectivity index (χ4n) is 7.65. The van der Waals surface area contributed by atoms with E-state index in [9.17, 15) is 14.4 Å². The summed E-state index contributed by atoms with van der Waals surface area (Å²) in [6.07, 6.45) is 2.82. The summed E-state index contributed by atoms with van der Waals surface area (Å²) < 4.78 is 55.5. The first kappa shape index (κ1) is 35.8. The van der Waals surface area contributed by atoms with Crippen molar-refractivity contribution >= 4 is 29.0 Å². The Kier molecular flexibility index (Phi) is 9.73. The van der Waals surface area contributed by atoms with Gasteiger partial charge in [0.25, 0.3) is 0 Å². The van der Waals surface area contributed by atoms with Gasteiger partial charge in [-0.25, -0.2) is 19.6 Å². The van der Waals surface area contributed by atoms with E-state index in [1.165, 1.54) is 18.1 Å². The Labute approximate surface area is 291 Å². The van der Waals surface area contributed by atoms with Crippen LogP contribution in [0, 0.1) is 35.0 Å². The van der Waals surface area contributed by atoms with Crippen molar-refractivity contribution in [3.8, 4) is 11.6 Å². The predicted molar refractivity (Wildman–Crippen MR) is 180 cm³/mol. The van der Waals surface area contributed by atoms with Crippen LogP contribution >= 0.6 is 0 Å². The highest BCUT2D eigenvalue weighted by molar-refractivity contribution is 5.91. The van der Waals surface area contributed by atoms with Crippen LogP contribution in [0.4, 0.5) is 13.6 Å². The summed E-state index contributed by atoms with van der Waals surface area (Å²) in [4.78, 5) is 51.8. The van der Waals surface area contributed by atoms with Gasteiger partial charge in [-0.2, -0.15) is 8.78 Å². The minimum Gasteiger partial charge on any atom is -0.497 e. The molecule has 2 aromatic rings. The third kappa shape index (κ3) is 7.23. The van der Waals surface area contributed by atoms with Crippen molar-refractivity contribution in [3.63, 3.8) is 0 Å². The van der Waals surface area contributed by atoms with Crippen LogP contribution in [0.15, 0.2) is 30.4 Å². The van der Waals surface area contributed by atoms with Gasteiger partial charge in [-0.1, -0.05) is 47.6 Å². The Hall–Kier alpha value is -4.03. The van der Waals surface area contributed by atoms with Gasteiger partial charge in [0.05, 0.1) is 31.3 Å². The number of methoxy groups -OCH3 is 1. The van der Waals surface area contributed by atoms with Gasteiger partial charge in [-0.15, -0.1) is 0 Å². The van der Waals surface area contributed by atoms with Gasteiger partial charge >= 0.3 is 18.0 Å². The molecule has 2 bridgehead atoms. The molecule has 1 aromatic heterocycles. The molecule has 3 heterocycles. The summed E-state index contributed by atoms with van der Waals surface area (Å²) in [5, 5.41) is 2.83. The van der Waals surface area contributed by atoms with Crippen molar-refractivity contribution in [2.45, 2.75) is 97.4 Å². The zero-order valence-electron chi connectivity index (χ0n) is 29.8. The van der Waals surface area contributed by atoms with Gasteiger partial charge in [-0.3, -0.25) is 4.79 Å². The molecular weight excluding hydrogens is 650 g/mol. The third-order valence-electron chi connectivity index (χ3n) is 10.5. The average molecular weight is 699 g/mol. The highest BCUT2D eigenvalue weighted by Crippen LogP contribution is 2.57. The number of amides is 2. The molecule has 50 heavy (non-hydrogen) atoms. The van der Waals surface area contributed by atoms with Crippen LogP contribution in [0.3, 0.4) is 0 Å². The Bertz CT molecular complexity index is 1660. The molecule has 2 aliphatic heterocycles. The van der Waals surface area contributed by atoms with Crippen LogP contribution in [0.25, 0.3) is 11.0 Å². The molecule has 6 rings (SSSR count). The van der Waals surface area contributed by atoms with Crippen molar-refractivity contribution < 1.29 is 42.1 Å². The van der Waals surface area contributed by atoms with E-state index in [0.29, 0.717) is 36.8 Å². The quantitative estimate of drug-likeness (QED) is 0.300. The molecule has 0 radical (unpaired) electrons. The molecule has 272 valence electrons. The molecule has 2 aliphatic carbocycles. The van der Waals surface area contributed by atoms with Crippen LogP contribution in [0.5, 0.6) is 11.6 Å². The van der Waals surface area contributed by atoms with E-state index in [-0.39, 0.29) is 42.1 Å². The molecule has 3 fully saturated rings. The lowest BCUT2D eigenvalue weighted by molar-refractivity contribution is -0.156. The number of nitrogens with zero attached hydrogens (tertiary/aromatic N) is 3. The molecule has 13 heteroatoms. The van der Waals surface area contributed by atoms with E-state index in [0.717, 1.165) is 12.5 Å². The normalized spacial score (nSPS) is 31.7. The number of hydrogen-bond donors (Lipinski definition) is 1. The number of alkyl halides is 2. The summed E-state index contributed by atoms with van der Waals surface area (Å²) in [6.45, 7) is 10.9. The zero-order chi connectivity index (χ0) is 36.1. The lowest BCUT2D eigenvalue weighted by Gasteiger charge is -2.35. The van der Waals surface area contributed by atoms with Crippen molar-refractivity contribution in [1.29, 1.82) is 0 Å². The lowest BCUT2D eigenvalue weighted by Crippen LogP contribution is -2.57. The summed E-state index contributed by atoms with van der Waals surface area (Å²) in [5.74, 6) is -4.56. The molecule has 2 saturated carbocycles. The molecule has 4 aliphatic rings. The second-order valence-corrected chi connectivity index (χ2v) is 15.8. The summed E-state index contributed by atoms with van der Waals surface area (Å²) in [6, 6.07) is 2.54. The lowest BCUT2D eigenvalue weighted by atomic mass is 9.85. The minimum absolute atomic E-state index is 0.0151. The molecule has 1 N–H and O–H groups in total. The number of carbonyl (C=O) groups is 3. The van der Waals surface area contributed by atoms with Crippen molar-refractivity contribution in [1.82, 2.24) is 20.2 Å². The summed E-state index contributed by atoms with van der Waals surface area (Å²) >= 11 is 0. The molecule has 0 spiro atoms. The number of rotatable bonds is 4. The smallest absolute Gasteiger partial charge is 0.408 e. The second-order valence-electron chi connectivity index (χ2n) is 15.8. The molecule has 1 unspecified atom stereocenters. The maximum absolute atomic E-state index is 16.2. The second kappa shape index (κ2) is 13.6. The molecule has 1 aromatic carbocycles. The number of aromatic nitrogens is 2. The number of fused-ring (bicyclic) bond motifs is 7. The number of ether oxygens (including phenoxy) is 4. The van der Waals surface area contributed by atoms with Crippen LogP contribution in [0.2, 0.25) is 0 Å². The van der Waals surface area contributed by atoms with Crippen molar-refractivity contribution in [3.05, 3.63) is 36.0 Å². The van der Waals surface area contributed by atoms with Gasteiger partial charge < -0.3 is 29.2 Å². The van der Waals surface area contributed by atoms with Crippen LogP contribution in [-0.2, 0) is 25.0 Å². The van der Waals surface area contributed by atoms with E-state index < -0.39 is 65.0 Å². The third-order valence-corrected chi connectivity index (χ3v) is 10.5. The van der Waals surface area contributed by atoms with Gasteiger partial charge in [0, 0.05) is 12.0 Å². The summed E-state index contributed by atoms with van der Waals surface area (Å²) in [5.41, 5.74) is -0.957. The Morgan fingerprint density at radius 1 is 1.10 bits per heavy atom. The first-order valence-corrected chi connectivity index (χ1v) is 17.6. The number of carbonyl (C=O) groups excluding carboxylic acids is 3. The highest BCUT2D eigenvalue weighted by atomic mass is 19.3. The number of hydrogen-bond acceptors (Lipinski definition) is 9. The van der Waals surface area contributed by atoms with E-state index in [1.807, 2.05) is 34.6 Å². The maximum Gasteiger partial charge on any atom is 0.408 e. The van der Waals surface area contributed by atoms with Crippen molar-refractivity contribution in [2.24, 2.45) is 35.0 Å². The van der Waals surface area contributed by atoms with Gasteiger partial charge in [0.2, 0.25) is 11.8 Å². The van der Waals surface area contributed by atoms with Crippen LogP contribution < -0.4 is 14.8 Å². The number of allylic oxidation sites excluding steroid dienone is 2. The number of halogens is 2. The standard InChI is InChI=1S/C37H48F2N4O7/c1-19(2)18-48-34(45)29-20(3)28-17-43(29)33(44)31(36(4,5)6)42-35(46)50-27-15-21-14-24(21)23(27)10-8-9-13-37(38,39)30-32(49-28)41-26-16-22(47-7)11-12-25(26)40-30/h9,11-13,16,19-21,23-24,27-29,31H,8,10,14-15,17-18H2,1-7H3,(H,42,46)/b13-9+/t20-,21+,23-,24?,27-,28+,29+,31-/m1/s1. The van der Waals surface area contributed by atoms with Crippen LogP contribution in [-0.4, -0.2) is 77.4 Å². The largest absolute Gasteiger partial charge is 0.497 e. The minimum atomic E-state index is -3.57. The number of alkyl carbamates (subject to hydrolysis) is 1. The Morgan fingerprint density at radius 3 is 2.56 bits per heavy atom. The van der Waals surface area contributed by atoms with E-state index >= 15 is 8.78 Å². The molecule has 11 nitrogen and oxygen atoms in total. The topological polar surface area (TPSA) is 129 Å². The Morgan fingerprint density at radius 2 is 1.86 bits per heavy atom. The molecule has 2 amide bonds. The number of benzene rings is 1. The molecule has 1 saturated heterocycles. The Balaban J connectivity index is 1.44. The predicted octanol–water partition coefficient (Wildman–Crippen LogP) is 6.04. The van der Waals surface area contributed by atoms with E-state index in [2.05, 4.69) is 15.3 Å². The summed E-state index contributed by atoms with van der Waals surface area (Å²) in [7, 11) is 1.49. The number of nitrogens with one attached hydrogen (secondary N) is 1. The zero-order valence-corrected chi connectivity index (χ0v) is 29.8. The van der Waals surface area contributed by atoms with Gasteiger partial charge in [0.1, 0.15) is 30.0 Å². The van der Waals surface area contributed by atoms with E-state index in [1.54, 1.807) is 25.1 Å².